The summed E-state index contributed by atoms with van der Waals surface area (Å²) in [7, 11) is 0. The van der Waals surface area contributed by atoms with Gasteiger partial charge in [0.15, 0.2) is 0 Å². The van der Waals surface area contributed by atoms with E-state index in [2.05, 4.69) is 5.10 Å². The standard InChI is InChI=1S/C7H10F2N2/c1-5(2)11-4-6(3-10-11)7(8)9/h3-5,7H,1-2H3. The lowest BCUT2D eigenvalue weighted by Crippen LogP contribution is -1.99. The van der Waals surface area contributed by atoms with E-state index in [9.17, 15) is 8.78 Å². The maximum absolute atomic E-state index is 12.0. The van der Waals surface area contributed by atoms with Crippen molar-refractivity contribution in [3.8, 4) is 0 Å². The van der Waals surface area contributed by atoms with E-state index in [1.807, 2.05) is 13.8 Å². The second-order valence-corrected chi connectivity index (χ2v) is 2.65. The number of hydrogen-bond acceptors (Lipinski definition) is 1. The summed E-state index contributed by atoms with van der Waals surface area (Å²) in [5.41, 5.74) is -0.0151. The summed E-state index contributed by atoms with van der Waals surface area (Å²) in [6.45, 7) is 3.78. The average molecular weight is 160 g/mol. The predicted octanol–water partition coefficient (Wildman–Crippen LogP) is 2.40. The molecule has 0 amide bonds. The molecule has 0 fully saturated rings. The second kappa shape index (κ2) is 2.98. The van der Waals surface area contributed by atoms with Crippen LogP contribution in [0.25, 0.3) is 0 Å². The van der Waals surface area contributed by atoms with Gasteiger partial charge in [-0.15, -0.1) is 0 Å². The van der Waals surface area contributed by atoms with Gasteiger partial charge in [-0.3, -0.25) is 4.68 Å². The third-order valence-electron chi connectivity index (χ3n) is 1.40. The van der Waals surface area contributed by atoms with Crippen LogP contribution in [0.4, 0.5) is 8.78 Å². The SMILES string of the molecule is CC(C)n1cc(C(F)F)cn1. The molecule has 0 aliphatic heterocycles. The minimum Gasteiger partial charge on any atom is -0.270 e. The van der Waals surface area contributed by atoms with Gasteiger partial charge in [0.25, 0.3) is 6.43 Å². The Balaban J connectivity index is 2.82. The minimum absolute atomic E-state index is 0.0151. The quantitative estimate of drug-likeness (QED) is 0.649. The third-order valence-corrected chi connectivity index (χ3v) is 1.40. The number of hydrogen-bond donors (Lipinski definition) is 0. The molecular weight excluding hydrogens is 150 g/mol. The molecule has 0 atom stereocenters. The maximum atomic E-state index is 12.0. The number of nitrogens with zero attached hydrogens (tertiary/aromatic N) is 2. The Morgan fingerprint density at radius 3 is 2.36 bits per heavy atom. The highest BCUT2D eigenvalue weighted by molar-refractivity contribution is 5.05. The molecule has 0 saturated heterocycles. The summed E-state index contributed by atoms with van der Waals surface area (Å²) in [6, 6.07) is 0.141. The first-order chi connectivity index (χ1) is 5.11. The zero-order valence-corrected chi connectivity index (χ0v) is 6.46. The molecule has 0 aliphatic rings. The van der Waals surface area contributed by atoms with E-state index < -0.39 is 6.43 Å². The lowest BCUT2D eigenvalue weighted by molar-refractivity contribution is 0.151. The molecule has 0 bridgehead atoms. The molecular formula is C7H10F2N2. The molecule has 4 heteroatoms. The molecule has 1 rings (SSSR count). The number of halogens is 2. The minimum atomic E-state index is -2.41. The van der Waals surface area contributed by atoms with Crippen molar-refractivity contribution in [3.63, 3.8) is 0 Å². The summed E-state index contributed by atoms with van der Waals surface area (Å²) in [5.74, 6) is 0. The van der Waals surface area contributed by atoms with Gasteiger partial charge in [0.05, 0.1) is 11.8 Å². The number of aromatic nitrogens is 2. The summed E-state index contributed by atoms with van der Waals surface area (Å²) < 4.78 is 25.5. The number of rotatable bonds is 2. The first kappa shape index (κ1) is 8.17. The largest absolute Gasteiger partial charge is 0.270 e. The Morgan fingerprint density at radius 2 is 2.09 bits per heavy atom. The van der Waals surface area contributed by atoms with Crippen LogP contribution in [0.3, 0.4) is 0 Å². The van der Waals surface area contributed by atoms with E-state index in [0.29, 0.717) is 0 Å². The summed E-state index contributed by atoms with van der Waals surface area (Å²) in [6.07, 6.45) is 0.155. The highest BCUT2D eigenvalue weighted by Gasteiger charge is 2.09. The van der Waals surface area contributed by atoms with Crippen LogP contribution in [0.1, 0.15) is 31.9 Å². The van der Waals surface area contributed by atoms with Gasteiger partial charge >= 0.3 is 0 Å². The van der Waals surface area contributed by atoms with Crippen LogP contribution in [0.2, 0.25) is 0 Å². The molecule has 62 valence electrons. The molecule has 1 aromatic heterocycles. The van der Waals surface area contributed by atoms with E-state index in [4.69, 9.17) is 0 Å². The lowest BCUT2D eigenvalue weighted by atomic mass is 10.4. The van der Waals surface area contributed by atoms with Crippen molar-refractivity contribution >= 4 is 0 Å². The van der Waals surface area contributed by atoms with Crippen molar-refractivity contribution < 1.29 is 8.78 Å². The van der Waals surface area contributed by atoms with Crippen molar-refractivity contribution in [3.05, 3.63) is 18.0 Å². The topological polar surface area (TPSA) is 17.8 Å². The average Bonchev–Trinajstić information content (AvgIpc) is 2.33. The fourth-order valence-corrected chi connectivity index (χ4v) is 0.748. The molecule has 0 aliphatic carbocycles. The first-order valence-electron chi connectivity index (χ1n) is 3.43. The zero-order chi connectivity index (χ0) is 8.43. The number of alkyl halides is 2. The van der Waals surface area contributed by atoms with Crippen molar-refractivity contribution in [2.24, 2.45) is 0 Å². The van der Waals surface area contributed by atoms with E-state index in [-0.39, 0.29) is 11.6 Å². The van der Waals surface area contributed by atoms with Crippen molar-refractivity contribution in [2.75, 3.05) is 0 Å². The summed E-state index contributed by atoms with van der Waals surface area (Å²) in [5, 5.41) is 3.77. The molecule has 2 nitrogen and oxygen atoms in total. The Hall–Kier alpha value is -0.930. The fraction of sp³-hybridized carbons (Fsp3) is 0.571. The van der Waals surface area contributed by atoms with Gasteiger partial charge < -0.3 is 0 Å². The molecule has 1 heterocycles. The van der Waals surface area contributed by atoms with Gasteiger partial charge in [0, 0.05) is 12.2 Å². The summed E-state index contributed by atoms with van der Waals surface area (Å²) >= 11 is 0. The van der Waals surface area contributed by atoms with Gasteiger partial charge in [-0.2, -0.15) is 5.10 Å². The molecule has 11 heavy (non-hydrogen) atoms. The molecule has 0 spiro atoms. The van der Waals surface area contributed by atoms with E-state index in [1.165, 1.54) is 17.1 Å². The highest BCUT2D eigenvalue weighted by atomic mass is 19.3. The second-order valence-electron chi connectivity index (χ2n) is 2.65. The Morgan fingerprint density at radius 1 is 1.45 bits per heavy atom. The zero-order valence-electron chi connectivity index (χ0n) is 6.46. The van der Waals surface area contributed by atoms with Gasteiger partial charge in [-0.25, -0.2) is 8.78 Å². The van der Waals surface area contributed by atoms with Crippen molar-refractivity contribution in [1.82, 2.24) is 9.78 Å². The van der Waals surface area contributed by atoms with E-state index in [0.717, 1.165) is 0 Å². The fourth-order valence-electron chi connectivity index (χ4n) is 0.748. The van der Waals surface area contributed by atoms with Crippen LogP contribution in [0.5, 0.6) is 0 Å². The molecule has 0 saturated carbocycles. The molecule has 0 radical (unpaired) electrons. The van der Waals surface area contributed by atoms with Crippen LogP contribution < -0.4 is 0 Å². The molecule has 0 unspecified atom stereocenters. The Kier molecular flexibility index (Phi) is 2.22. The van der Waals surface area contributed by atoms with Gasteiger partial charge in [-0.1, -0.05) is 0 Å². The maximum Gasteiger partial charge on any atom is 0.266 e. The van der Waals surface area contributed by atoms with Crippen molar-refractivity contribution in [2.45, 2.75) is 26.3 Å². The van der Waals surface area contributed by atoms with Crippen LogP contribution in [-0.2, 0) is 0 Å². The Bertz CT molecular complexity index is 208. The Labute approximate surface area is 63.8 Å². The summed E-state index contributed by atoms with van der Waals surface area (Å²) in [4.78, 5) is 0. The van der Waals surface area contributed by atoms with Gasteiger partial charge in [0.2, 0.25) is 0 Å². The predicted molar refractivity (Wildman–Crippen MR) is 37.6 cm³/mol. The monoisotopic (exact) mass is 160 g/mol. The van der Waals surface area contributed by atoms with Crippen LogP contribution in [-0.4, -0.2) is 9.78 Å². The first-order valence-corrected chi connectivity index (χ1v) is 3.43. The normalized spacial score (nSPS) is 11.5. The van der Waals surface area contributed by atoms with Gasteiger partial charge in [-0.05, 0) is 13.8 Å². The molecule has 0 aromatic carbocycles. The third kappa shape index (κ3) is 1.76. The van der Waals surface area contributed by atoms with Crippen LogP contribution in [0.15, 0.2) is 12.4 Å². The molecule has 1 aromatic rings. The smallest absolute Gasteiger partial charge is 0.266 e. The lowest BCUT2D eigenvalue weighted by Gasteiger charge is -2.02. The molecule has 0 N–H and O–H groups in total. The highest BCUT2D eigenvalue weighted by Crippen LogP contribution is 2.18. The van der Waals surface area contributed by atoms with E-state index in [1.54, 1.807) is 0 Å². The van der Waals surface area contributed by atoms with Gasteiger partial charge in [0.1, 0.15) is 0 Å². The van der Waals surface area contributed by atoms with Crippen LogP contribution >= 0.6 is 0 Å². The van der Waals surface area contributed by atoms with E-state index >= 15 is 0 Å². The van der Waals surface area contributed by atoms with Crippen molar-refractivity contribution in [1.29, 1.82) is 0 Å². The van der Waals surface area contributed by atoms with Crippen LogP contribution in [0, 0.1) is 0 Å².